The van der Waals surface area contributed by atoms with Crippen LogP contribution in [0.15, 0.2) is 54.2 Å². The molecule has 0 fully saturated rings. The van der Waals surface area contributed by atoms with E-state index in [2.05, 4.69) is 51.9 Å². The predicted octanol–water partition coefficient (Wildman–Crippen LogP) is 5.68. The van der Waals surface area contributed by atoms with Crippen molar-refractivity contribution < 1.29 is 9.47 Å². The van der Waals surface area contributed by atoms with Crippen LogP contribution in [-0.2, 0) is 6.42 Å². The number of aromatic nitrogens is 2. The third-order valence-electron chi connectivity index (χ3n) is 4.69. The summed E-state index contributed by atoms with van der Waals surface area (Å²) in [6.45, 7) is 2.16. The molecule has 2 aromatic heterocycles. The SMILES string of the molecule is CCc1ccc(-c2csc3ncnc(Nc4ccc(OC)c(OC)c4)c23)cc1. The molecule has 4 aromatic rings. The fourth-order valence-corrected chi connectivity index (χ4v) is 4.07. The molecule has 6 heteroatoms. The zero-order chi connectivity index (χ0) is 19.5. The molecule has 2 heterocycles. The smallest absolute Gasteiger partial charge is 0.162 e. The molecule has 0 aliphatic carbocycles. The van der Waals surface area contributed by atoms with Crippen molar-refractivity contribution in [3.8, 4) is 22.6 Å². The van der Waals surface area contributed by atoms with Crippen molar-refractivity contribution in [1.82, 2.24) is 9.97 Å². The summed E-state index contributed by atoms with van der Waals surface area (Å²) in [5.41, 5.74) is 4.49. The monoisotopic (exact) mass is 391 g/mol. The molecule has 0 aliphatic heterocycles. The molecule has 0 saturated heterocycles. The van der Waals surface area contributed by atoms with Gasteiger partial charge in [-0.15, -0.1) is 11.3 Å². The van der Waals surface area contributed by atoms with Crippen molar-refractivity contribution in [3.63, 3.8) is 0 Å². The summed E-state index contributed by atoms with van der Waals surface area (Å²) in [5, 5.41) is 6.57. The number of nitrogens with zero attached hydrogens (tertiary/aromatic N) is 2. The summed E-state index contributed by atoms with van der Waals surface area (Å²) >= 11 is 1.62. The highest BCUT2D eigenvalue weighted by atomic mass is 32.1. The van der Waals surface area contributed by atoms with E-state index >= 15 is 0 Å². The lowest BCUT2D eigenvalue weighted by atomic mass is 10.0. The molecule has 0 amide bonds. The molecule has 0 spiro atoms. The van der Waals surface area contributed by atoms with Gasteiger partial charge in [-0.2, -0.15) is 0 Å². The van der Waals surface area contributed by atoms with Crippen LogP contribution in [0.25, 0.3) is 21.3 Å². The highest BCUT2D eigenvalue weighted by Crippen LogP contribution is 2.38. The van der Waals surface area contributed by atoms with E-state index in [0.29, 0.717) is 11.5 Å². The van der Waals surface area contributed by atoms with Crippen molar-refractivity contribution in [3.05, 3.63) is 59.7 Å². The van der Waals surface area contributed by atoms with Gasteiger partial charge in [-0.05, 0) is 29.7 Å². The molecule has 4 rings (SSSR count). The molecule has 0 aliphatic rings. The van der Waals surface area contributed by atoms with Crippen LogP contribution < -0.4 is 14.8 Å². The lowest BCUT2D eigenvalue weighted by Crippen LogP contribution is -1.97. The molecule has 5 nitrogen and oxygen atoms in total. The second-order valence-corrected chi connectivity index (χ2v) is 7.16. The first kappa shape index (κ1) is 18.3. The first-order valence-corrected chi connectivity index (χ1v) is 9.92. The minimum absolute atomic E-state index is 0.665. The maximum Gasteiger partial charge on any atom is 0.162 e. The maximum absolute atomic E-state index is 5.41. The quantitative estimate of drug-likeness (QED) is 0.458. The molecule has 0 radical (unpaired) electrons. The first-order valence-electron chi connectivity index (χ1n) is 9.04. The van der Waals surface area contributed by atoms with Gasteiger partial charge in [-0.3, -0.25) is 0 Å². The van der Waals surface area contributed by atoms with E-state index in [0.717, 1.165) is 39.3 Å². The molecule has 28 heavy (non-hydrogen) atoms. The third-order valence-corrected chi connectivity index (χ3v) is 5.58. The van der Waals surface area contributed by atoms with Crippen molar-refractivity contribution in [1.29, 1.82) is 0 Å². The van der Waals surface area contributed by atoms with Crippen molar-refractivity contribution in [2.45, 2.75) is 13.3 Å². The number of rotatable bonds is 6. The highest BCUT2D eigenvalue weighted by Gasteiger charge is 2.14. The predicted molar refractivity (Wildman–Crippen MR) is 115 cm³/mol. The number of ether oxygens (including phenoxy) is 2. The Hall–Kier alpha value is -3.12. The normalized spacial score (nSPS) is 10.8. The summed E-state index contributed by atoms with van der Waals surface area (Å²) in [7, 11) is 3.25. The Kier molecular flexibility index (Phi) is 5.12. The number of fused-ring (bicyclic) bond motifs is 1. The highest BCUT2D eigenvalue weighted by molar-refractivity contribution is 7.17. The second-order valence-electron chi connectivity index (χ2n) is 6.30. The van der Waals surface area contributed by atoms with Crippen LogP contribution in [0, 0.1) is 0 Å². The van der Waals surface area contributed by atoms with Gasteiger partial charge in [0.15, 0.2) is 11.5 Å². The zero-order valence-electron chi connectivity index (χ0n) is 16.0. The summed E-state index contributed by atoms with van der Waals surface area (Å²) < 4.78 is 10.7. The molecular formula is C22H21N3O2S. The number of hydrogen-bond donors (Lipinski definition) is 1. The minimum Gasteiger partial charge on any atom is -0.493 e. The van der Waals surface area contributed by atoms with E-state index in [1.807, 2.05) is 18.2 Å². The number of aryl methyl sites for hydroxylation is 1. The van der Waals surface area contributed by atoms with E-state index in [1.54, 1.807) is 31.9 Å². The minimum atomic E-state index is 0.665. The zero-order valence-corrected chi connectivity index (χ0v) is 16.8. The Morgan fingerprint density at radius 3 is 2.46 bits per heavy atom. The van der Waals surface area contributed by atoms with Crippen LogP contribution in [0.4, 0.5) is 11.5 Å². The first-order chi connectivity index (χ1) is 13.7. The van der Waals surface area contributed by atoms with Gasteiger partial charge >= 0.3 is 0 Å². The average Bonchev–Trinajstić information content (AvgIpc) is 3.19. The van der Waals surface area contributed by atoms with Gasteiger partial charge in [-0.25, -0.2) is 9.97 Å². The van der Waals surface area contributed by atoms with Crippen LogP contribution in [-0.4, -0.2) is 24.2 Å². The number of hydrogen-bond acceptors (Lipinski definition) is 6. The van der Waals surface area contributed by atoms with Crippen molar-refractivity contribution in [2.24, 2.45) is 0 Å². The van der Waals surface area contributed by atoms with Crippen LogP contribution in [0.3, 0.4) is 0 Å². The van der Waals surface area contributed by atoms with Crippen LogP contribution in [0.2, 0.25) is 0 Å². The molecule has 0 bridgehead atoms. The Labute approximate surface area is 168 Å². The molecule has 0 unspecified atom stereocenters. The van der Waals surface area contributed by atoms with Crippen LogP contribution in [0.1, 0.15) is 12.5 Å². The summed E-state index contributed by atoms with van der Waals surface area (Å²) in [6.07, 6.45) is 2.62. The maximum atomic E-state index is 5.41. The van der Waals surface area contributed by atoms with Gasteiger partial charge in [0.05, 0.1) is 19.6 Å². The molecule has 0 atom stereocenters. The Bertz CT molecular complexity index is 1110. The number of methoxy groups -OCH3 is 2. The second kappa shape index (κ2) is 7.86. The number of benzene rings is 2. The van der Waals surface area contributed by atoms with E-state index in [-0.39, 0.29) is 0 Å². The molecular weight excluding hydrogens is 370 g/mol. The number of anilines is 2. The molecule has 0 saturated carbocycles. The fraction of sp³-hybridized carbons (Fsp3) is 0.182. The van der Waals surface area contributed by atoms with Crippen LogP contribution in [0.5, 0.6) is 11.5 Å². The summed E-state index contributed by atoms with van der Waals surface area (Å²) in [4.78, 5) is 9.90. The van der Waals surface area contributed by atoms with Gasteiger partial charge in [-0.1, -0.05) is 31.2 Å². The standard InChI is InChI=1S/C22H21N3O2S/c1-4-14-5-7-15(8-6-14)17-12-28-22-20(17)21(23-13-24-22)25-16-9-10-18(26-2)19(11-16)27-3/h5-13H,4H2,1-3H3,(H,23,24,25). The van der Waals surface area contributed by atoms with Crippen LogP contribution >= 0.6 is 11.3 Å². The van der Waals surface area contributed by atoms with Gasteiger partial charge < -0.3 is 14.8 Å². The van der Waals surface area contributed by atoms with Gasteiger partial charge in [0.2, 0.25) is 0 Å². The third kappa shape index (κ3) is 3.39. The Balaban J connectivity index is 1.76. The van der Waals surface area contributed by atoms with Gasteiger partial charge in [0, 0.05) is 22.7 Å². The Morgan fingerprint density at radius 2 is 1.75 bits per heavy atom. The topological polar surface area (TPSA) is 56.3 Å². The lowest BCUT2D eigenvalue weighted by Gasteiger charge is -2.12. The van der Waals surface area contributed by atoms with E-state index in [9.17, 15) is 0 Å². The van der Waals surface area contributed by atoms with E-state index < -0.39 is 0 Å². The molecule has 142 valence electrons. The molecule has 2 aromatic carbocycles. The Morgan fingerprint density at radius 1 is 0.964 bits per heavy atom. The fourth-order valence-electron chi connectivity index (χ4n) is 3.15. The number of thiophene rings is 1. The van der Waals surface area contributed by atoms with Crippen molar-refractivity contribution >= 4 is 33.1 Å². The lowest BCUT2D eigenvalue weighted by molar-refractivity contribution is 0.355. The van der Waals surface area contributed by atoms with Gasteiger partial charge in [0.25, 0.3) is 0 Å². The van der Waals surface area contributed by atoms with E-state index in [1.165, 1.54) is 5.56 Å². The van der Waals surface area contributed by atoms with E-state index in [4.69, 9.17) is 9.47 Å². The summed E-state index contributed by atoms with van der Waals surface area (Å²) in [5.74, 6) is 2.12. The summed E-state index contributed by atoms with van der Waals surface area (Å²) in [6, 6.07) is 14.4. The largest absolute Gasteiger partial charge is 0.493 e. The molecule has 1 N–H and O–H groups in total. The average molecular weight is 391 g/mol. The number of nitrogens with one attached hydrogen (secondary N) is 1. The van der Waals surface area contributed by atoms with Crippen molar-refractivity contribution in [2.75, 3.05) is 19.5 Å². The van der Waals surface area contributed by atoms with Gasteiger partial charge in [0.1, 0.15) is 17.0 Å².